The number of aliphatic hydroxyl groups is 1. The van der Waals surface area contributed by atoms with Crippen LogP contribution >= 0.6 is 0 Å². The van der Waals surface area contributed by atoms with Gasteiger partial charge in [0.05, 0.1) is 22.7 Å². The molecule has 0 bridgehead atoms. The third-order valence-corrected chi connectivity index (χ3v) is 4.59. The fraction of sp³-hybridized carbons (Fsp3) is 0.467. The van der Waals surface area contributed by atoms with Crippen LogP contribution in [0.4, 0.5) is 0 Å². The molecule has 20 heavy (non-hydrogen) atoms. The number of hydrogen-bond acceptors (Lipinski definition) is 3. The number of carboxylic acids is 1. The first-order valence-corrected chi connectivity index (χ1v) is 6.72. The average molecular weight is 274 g/mol. The smallest absolute Gasteiger partial charge is 0.335 e. The van der Waals surface area contributed by atoms with E-state index in [1.807, 2.05) is 20.8 Å². The molecule has 1 aliphatic carbocycles. The normalized spacial score (nSPS) is 24.6. The van der Waals surface area contributed by atoms with Crippen molar-refractivity contribution in [3.05, 3.63) is 29.6 Å². The van der Waals surface area contributed by atoms with Gasteiger partial charge in [0.2, 0.25) is 0 Å². The fourth-order valence-corrected chi connectivity index (χ4v) is 3.06. The summed E-state index contributed by atoms with van der Waals surface area (Å²) >= 11 is 0. The predicted molar refractivity (Wildman–Crippen MR) is 74.9 cm³/mol. The van der Waals surface area contributed by atoms with Crippen molar-refractivity contribution in [3.8, 4) is 0 Å². The molecular weight excluding hydrogens is 256 g/mol. The van der Waals surface area contributed by atoms with Crippen LogP contribution in [0.1, 0.15) is 42.5 Å². The number of hydrogen-bond donors (Lipinski definition) is 2. The molecule has 2 unspecified atom stereocenters. The van der Waals surface area contributed by atoms with Gasteiger partial charge >= 0.3 is 5.97 Å². The quantitative estimate of drug-likeness (QED) is 0.881. The summed E-state index contributed by atoms with van der Waals surface area (Å²) in [6.07, 6.45) is 0.350. The zero-order chi connectivity index (χ0) is 14.7. The van der Waals surface area contributed by atoms with Crippen molar-refractivity contribution in [3.63, 3.8) is 0 Å². The zero-order valence-corrected chi connectivity index (χ0v) is 11.8. The second-order valence-corrected chi connectivity index (χ2v) is 6.13. The van der Waals surface area contributed by atoms with Crippen LogP contribution in [-0.2, 0) is 0 Å². The number of aromatic nitrogens is 2. The summed E-state index contributed by atoms with van der Waals surface area (Å²) in [6.45, 7) is 5.97. The van der Waals surface area contributed by atoms with Gasteiger partial charge in [0.25, 0.3) is 0 Å². The first-order valence-electron chi connectivity index (χ1n) is 6.72. The van der Waals surface area contributed by atoms with Crippen LogP contribution in [0.25, 0.3) is 11.0 Å². The van der Waals surface area contributed by atoms with Gasteiger partial charge < -0.3 is 14.8 Å². The molecule has 1 aliphatic rings. The van der Waals surface area contributed by atoms with E-state index in [1.165, 1.54) is 0 Å². The van der Waals surface area contributed by atoms with Crippen molar-refractivity contribution in [2.24, 2.45) is 5.41 Å². The Hall–Kier alpha value is -1.88. The summed E-state index contributed by atoms with van der Waals surface area (Å²) in [5.41, 5.74) is 1.66. The SMILES string of the molecule is Cc1nc2ccc(C(=O)O)cc2n1C1CC(O)C1(C)C. The molecule has 0 amide bonds. The Morgan fingerprint density at radius 2 is 2.15 bits per heavy atom. The molecule has 5 nitrogen and oxygen atoms in total. The van der Waals surface area contributed by atoms with Crippen molar-refractivity contribution in [1.82, 2.24) is 9.55 Å². The van der Waals surface area contributed by atoms with Gasteiger partial charge in [-0.1, -0.05) is 13.8 Å². The average Bonchev–Trinajstić information content (AvgIpc) is 2.70. The van der Waals surface area contributed by atoms with Gasteiger partial charge in [-0.25, -0.2) is 9.78 Å². The van der Waals surface area contributed by atoms with E-state index < -0.39 is 5.97 Å². The van der Waals surface area contributed by atoms with Gasteiger partial charge in [0.1, 0.15) is 5.82 Å². The summed E-state index contributed by atoms with van der Waals surface area (Å²) in [5, 5.41) is 19.0. The number of carbonyl (C=O) groups is 1. The van der Waals surface area contributed by atoms with Gasteiger partial charge in [-0.15, -0.1) is 0 Å². The highest BCUT2D eigenvalue weighted by Gasteiger charge is 2.49. The Balaban J connectivity index is 2.17. The van der Waals surface area contributed by atoms with E-state index >= 15 is 0 Å². The molecule has 0 aliphatic heterocycles. The van der Waals surface area contributed by atoms with Crippen LogP contribution in [0.5, 0.6) is 0 Å². The second kappa shape index (κ2) is 4.06. The highest BCUT2D eigenvalue weighted by Crippen LogP contribution is 2.50. The highest BCUT2D eigenvalue weighted by molar-refractivity contribution is 5.92. The van der Waals surface area contributed by atoms with E-state index in [2.05, 4.69) is 9.55 Å². The fourth-order valence-electron chi connectivity index (χ4n) is 3.06. The van der Waals surface area contributed by atoms with Gasteiger partial charge in [0.15, 0.2) is 0 Å². The van der Waals surface area contributed by atoms with E-state index in [1.54, 1.807) is 18.2 Å². The molecule has 1 aromatic carbocycles. The number of aliphatic hydroxyl groups excluding tert-OH is 1. The number of aromatic carboxylic acids is 1. The third-order valence-electron chi connectivity index (χ3n) is 4.59. The number of imidazole rings is 1. The molecule has 3 rings (SSSR count). The molecule has 1 fully saturated rings. The van der Waals surface area contributed by atoms with Crippen LogP contribution < -0.4 is 0 Å². The van der Waals surface area contributed by atoms with Crippen LogP contribution in [0.2, 0.25) is 0 Å². The number of aryl methyl sites for hydroxylation is 1. The van der Waals surface area contributed by atoms with Crippen LogP contribution in [0.3, 0.4) is 0 Å². The largest absolute Gasteiger partial charge is 0.478 e. The molecule has 0 radical (unpaired) electrons. The number of benzene rings is 1. The summed E-state index contributed by atoms with van der Waals surface area (Å²) in [5.74, 6) is -0.0854. The van der Waals surface area contributed by atoms with Crippen molar-refractivity contribution in [2.75, 3.05) is 0 Å². The molecule has 2 aromatic rings. The standard InChI is InChI=1S/C15H18N2O3/c1-8-16-10-5-4-9(14(19)20)6-11(10)17(8)12-7-13(18)15(12,2)3/h4-6,12-13,18H,7H2,1-3H3,(H,19,20). The second-order valence-electron chi connectivity index (χ2n) is 6.13. The summed E-state index contributed by atoms with van der Waals surface area (Å²) < 4.78 is 2.06. The van der Waals surface area contributed by atoms with Crippen molar-refractivity contribution in [1.29, 1.82) is 0 Å². The number of nitrogens with zero attached hydrogens (tertiary/aromatic N) is 2. The minimum Gasteiger partial charge on any atom is -0.478 e. The van der Waals surface area contributed by atoms with Crippen LogP contribution in [0.15, 0.2) is 18.2 Å². The molecule has 0 saturated heterocycles. The monoisotopic (exact) mass is 274 g/mol. The lowest BCUT2D eigenvalue weighted by Crippen LogP contribution is -2.50. The van der Waals surface area contributed by atoms with E-state index in [-0.39, 0.29) is 23.1 Å². The minimum absolute atomic E-state index is 0.145. The summed E-state index contributed by atoms with van der Waals surface area (Å²) in [4.78, 5) is 15.6. The van der Waals surface area contributed by atoms with E-state index in [0.29, 0.717) is 6.42 Å². The Labute approximate surface area is 116 Å². The maximum Gasteiger partial charge on any atom is 0.335 e. The molecule has 2 atom stereocenters. The van der Waals surface area contributed by atoms with E-state index in [9.17, 15) is 9.90 Å². The molecule has 1 saturated carbocycles. The van der Waals surface area contributed by atoms with E-state index in [0.717, 1.165) is 16.9 Å². The summed E-state index contributed by atoms with van der Waals surface area (Å²) in [7, 11) is 0. The van der Waals surface area contributed by atoms with Crippen molar-refractivity contribution in [2.45, 2.75) is 39.3 Å². The Kier molecular flexibility index (Phi) is 2.66. The maximum atomic E-state index is 11.1. The molecular formula is C15H18N2O3. The number of carboxylic acid groups (broad SMARTS) is 1. The zero-order valence-electron chi connectivity index (χ0n) is 11.8. The maximum absolute atomic E-state index is 11.1. The minimum atomic E-state index is -0.940. The molecule has 5 heteroatoms. The van der Waals surface area contributed by atoms with Gasteiger partial charge in [-0.3, -0.25) is 0 Å². The Morgan fingerprint density at radius 1 is 1.45 bits per heavy atom. The predicted octanol–water partition coefficient (Wildman–Crippen LogP) is 2.37. The van der Waals surface area contributed by atoms with Gasteiger partial charge in [-0.2, -0.15) is 0 Å². The van der Waals surface area contributed by atoms with Crippen molar-refractivity contribution >= 4 is 17.0 Å². The topological polar surface area (TPSA) is 75.3 Å². The van der Waals surface area contributed by atoms with Crippen molar-refractivity contribution < 1.29 is 15.0 Å². The van der Waals surface area contributed by atoms with Crippen LogP contribution in [0, 0.1) is 12.3 Å². The first-order chi connectivity index (χ1) is 9.32. The lowest BCUT2D eigenvalue weighted by atomic mass is 9.64. The summed E-state index contributed by atoms with van der Waals surface area (Å²) in [6, 6.07) is 5.12. The molecule has 2 N–H and O–H groups in total. The molecule has 1 aromatic heterocycles. The Bertz CT molecular complexity index is 702. The number of fused-ring (bicyclic) bond motifs is 1. The number of rotatable bonds is 2. The first kappa shape index (κ1) is 13.1. The highest BCUT2D eigenvalue weighted by atomic mass is 16.4. The van der Waals surface area contributed by atoms with Gasteiger partial charge in [-0.05, 0) is 31.5 Å². The molecule has 0 spiro atoms. The lowest BCUT2D eigenvalue weighted by molar-refractivity contribution is -0.0884. The molecule has 106 valence electrons. The van der Waals surface area contributed by atoms with Crippen LogP contribution in [-0.4, -0.2) is 31.8 Å². The Morgan fingerprint density at radius 3 is 2.70 bits per heavy atom. The van der Waals surface area contributed by atoms with Gasteiger partial charge in [0, 0.05) is 11.5 Å². The van der Waals surface area contributed by atoms with E-state index in [4.69, 9.17) is 5.11 Å². The molecule has 1 heterocycles. The third kappa shape index (κ3) is 1.66. The lowest BCUT2D eigenvalue weighted by Gasteiger charge is -2.50.